The highest BCUT2D eigenvalue weighted by Gasteiger charge is 2.12. The predicted molar refractivity (Wildman–Crippen MR) is 52.3 cm³/mol. The Kier molecular flexibility index (Phi) is 3.77. The van der Waals surface area contributed by atoms with Crippen molar-refractivity contribution in [3.63, 3.8) is 0 Å². The Labute approximate surface area is 86.9 Å². The van der Waals surface area contributed by atoms with Gasteiger partial charge in [0.2, 0.25) is 0 Å². The molecule has 0 heterocycles. The Hall–Kier alpha value is -1.45. The van der Waals surface area contributed by atoms with Gasteiger partial charge in [0.05, 0.1) is 0 Å². The van der Waals surface area contributed by atoms with Crippen LogP contribution in [0.15, 0.2) is 12.1 Å². The Balaban J connectivity index is 3.13. The van der Waals surface area contributed by atoms with Crippen LogP contribution >= 0.6 is 0 Å². The monoisotopic (exact) mass is 214 g/mol. The van der Waals surface area contributed by atoms with Crippen LogP contribution < -0.4 is 4.74 Å². The molecule has 1 rings (SSSR count). The summed E-state index contributed by atoms with van der Waals surface area (Å²) in [4.78, 5) is 10.4. The zero-order valence-corrected chi connectivity index (χ0v) is 8.59. The maximum Gasteiger partial charge on any atom is 0.387 e. The molecule has 82 valence electrons. The van der Waals surface area contributed by atoms with Crippen molar-refractivity contribution in [2.24, 2.45) is 0 Å². The normalized spacial score (nSPS) is 10.5. The molecule has 0 aliphatic rings. The summed E-state index contributed by atoms with van der Waals surface area (Å²) in [5.74, 6) is 0.114. The minimum absolute atomic E-state index is 0.0879. The van der Waals surface area contributed by atoms with E-state index in [1.807, 2.05) is 6.92 Å². The van der Waals surface area contributed by atoms with Crippen LogP contribution in [0.3, 0.4) is 0 Å². The Morgan fingerprint density at radius 2 is 2.07 bits per heavy atom. The topological polar surface area (TPSA) is 26.3 Å². The van der Waals surface area contributed by atoms with E-state index < -0.39 is 6.61 Å². The standard InChI is InChI=1S/C11H12F2O2/c1-7-5-8(2)10(15-11(12)13)9(6-7)3-4-14/h4-6,11H,3H2,1-2H3. The van der Waals surface area contributed by atoms with Crippen LogP contribution in [0, 0.1) is 13.8 Å². The van der Waals surface area contributed by atoms with Gasteiger partial charge in [-0.1, -0.05) is 17.7 Å². The third-order valence-corrected chi connectivity index (χ3v) is 2.01. The zero-order chi connectivity index (χ0) is 11.4. The molecule has 0 aliphatic heterocycles. The van der Waals surface area contributed by atoms with Crippen molar-refractivity contribution in [1.82, 2.24) is 0 Å². The molecule has 0 aromatic heterocycles. The molecule has 1 aromatic carbocycles. The third-order valence-electron chi connectivity index (χ3n) is 2.01. The number of alkyl halides is 2. The van der Waals surface area contributed by atoms with Gasteiger partial charge in [0.25, 0.3) is 0 Å². The summed E-state index contributed by atoms with van der Waals surface area (Å²) in [6, 6.07) is 3.42. The van der Waals surface area contributed by atoms with Gasteiger partial charge in [0.1, 0.15) is 12.0 Å². The first kappa shape index (κ1) is 11.6. The molecule has 4 heteroatoms. The van der Waals surface area contributed by atoms with Crippen molar-refractivity contribution in [3.8, 4) is 5.75 Å². The van der Waals surface area contributed by atoms with Gasteiger partial charge in [-0.05, 0) is 19.4 Å². The highest BCUT2D eigenvalue weighted by molar-refractivity contribution is 5.59. The molecular formula is C11H12F2O2. The average molecular weight is 214 g/mol. The Morgan fingerprint density at radius 3 is 2.60 bits per heavy atom. The molecule has 0 spiro atoms. The van der Waals surface area contributed by atoms with Gasteiger partial charge in [0, 0.05) is 12.0 Å². The summed E-state index contributed by atoms with van der Waals surface area (Å²) < 4.78 is 28.6. The lowest BCUT2D eigenvalue weighted by molar-refractivity contribution is -0.107. The van der Waals surface area contributed by atoms with E-state index in [2.05, 4.69) is 4.74 Å². The van der Waals surface area contributed by atoms with Crippen molar-refractivity contribution in [3.05, 3.63) is 28.8 Å². The van der Waals surface area contributed by atoms with Crippen LogP contribution in [0.1, 0.15) is 16.7 Å². The van der Waals surface area contributed by atoms with E-state index in [-0.39, 0.29) is 12.2 Å². The molecule has 0 unspecified atom stereocenters. The van der Waals surface area contributed by atoms with Crippen LogP contribution in [-0.2, 0) is 11.2 Å². The van der Waals surface area contributed by atoms with Crippen molar-refractivity contribution >= 4 is 6.29 Å². The molecule has 1 aromatic rings. The molecule has 0 saturated carbocycles. The maximum absolute atomic E-state index is 12.1. The van der Waals surface area contributed by atoms with E-state index in [9.17, 15) is 13.6 Å². The quantitative estimate of drug-likeness (QED) is 0.720. The highest BCUT2D eigenvalue weighted by atomic mass is 19.3. The first-order chi connectivity index (χ1) is 7.04. The molecule has 0 N–H and O–H groups in total. The molecule has 0 aliphatic carbocycles. The molecule has 0 bridgehead atoms. The summed E-state index contributed by atoms with van der Waals surface area (Å²) in [6.07, 6.45) is 0.761. The molecule has 0 saturated heterocycles. The Morgan fingerprint density at radius 1 is 1.40 bits per heavy atom. The van der Waals surface area contributed by atoms with Crippen LogP contribution in [0.4, 0.5) is 8.78 Å². The van der Waals surface area contributed by atoms with Gasteiger partial charge in [-0.2, -0.15) is 8.78 Å². The summed E-state index contributed by atoms with van der Waals surface area (Å²) in [7, 11) is 0. The summed E-state index contributed by atoms with van der Waals surface area (Å²) >= 11 is 0. The number of carbonyl (C=O) groups excluding carboxylic acids is 1. The minimum Gasteiger partial charge on any atom is -0.434 e. The van der Waals surface area contributed by atoms with Gasteiger partial charge < -0.3 is 9.53 Å². The third kappa shape index (κ3) is 3.01. The lowest BCUT2D eigenvalue weighted by atomic mass is 10.0. The highest BCUT2D eigenvalue weighted by Crippen LogP contribution is 2.27. The second-order valence-corrected chi connectivity index (χ2v) is 3.32. The number of halogens is 2. The average Bonchev–Trinajstić information content (AvgIpc) is 2.11. The lowest BCUT2D eigenvalue weighted by Gasteiger charge is -2.13. The van der Waals surface area contributed by atoms with Gasteiger partial charge in [-0.15, -0.1) is 0 Å². The zero-order valence-electron chi connectivity index (χ0n) is 8.59. The summed E-state index contributed by atoms with van der Waals surface area (Å²) in [6.45, 7) is 0.656. The van der Waals surface area contributed by atoms with Crippen LogP contribution in [0.2, 0.25) is 0 Å². The molecule has 0 fully saturated rings. The van der Waals surface area contributed by atoms with E-state index in [0.717, 1.165) is 5.56 Å². The first-order valence-electron chi connectivity index (χ1n) is 4.53. The summed E-state index contributed by atoms with van der Waals surface area (Å²) in [5, 5.41) is 0. The van der Waals surface area contributed by atoms with E-state index in [0.29, 0.717) is 17.4 Å². The van der Waals surface area contributed by atoms with E-state index in [1.165, 1.54) is 0 Å². The van der Waals surface area contributed by atoms with E-state index in [4.69, 9.17) is 0 Å². The van der Waals surface area contributed by atoms with Gasteiger partial charge in [-0.3, -0.25) is 0 Å². The van der Waals surface area contributed by atoms with Gasteiger partial charge in [-0.25, -0.2) is 0 Å². The van der Waals surface area contributed by atoms with Crippen molar-refractivity contribution in [1.29, 1.82) is 0 Å². The number of benzene rings is 1. The number of carbonyl (C=O) groups is 1. The number of hydrogen-bond acceptors (Lipinski definition) is 2. The van der Waals surface area contributed by atoms with E-state index in [1.54, 1.807) is 19.1 Å². The van der Waals surface area contributed by atoms with Crippen LogP contribution in [0.5, 0.6) is 5.75 Å². The fraction of sp³-hybridized carbons (Fsp3) is 0.364. The van der Waals surface area contributed by atoms with Gasteiger partial charge >= 0.3 is 6.61 Å². The molecule has 0 amide bonds. The second kappa shape index (κ2) is 4.87. The molecule has 0 atom stereocenters. The molecule has 2 nitrogen and oxygen atoms in total. The fourth-order valence-corrected chi connectivity index (χ4v) is 1.54. The second-order valence-electron chi connectivity index (χ2n) is 3.32. The summed E-state index contributed by atoms with van der Waals surface area (Å²) in [5.41, 5.74) is 2.04. The minimum atomic E-state index is -2.86. The fourth-order valence-electron chi connectivity index (χ4n) is 1.54. The number of rotatable bonds is 4. The van der Waals surface area contributed by atoms with Crippen molar-refractivity contribution < 1.29 is 18.3 Å². The maximum atomic E-state index is 12.1. The number of ether oxygens (including phenoxy) is 1. The molecule has 15 heavy (non-hydrogen) atoms. The molecular weight excluding hydrogens is 202 g/mol. The lowest BCUT2D eigenvalue weighted by Crippen LogP contribution is -2.06. The van der Waals surface area contributed by atoms with E-state index >= 15 is 0 Å². The van der Waals surface area contributed by atoms with Crippen LogP contribution in [0.25, 0.3) is 0 Å². The number of aryl methyl sites for hydroxylation is 2. The van der Waals surface area contributed by atoms with Gasteiger partial charge in [0.15, 0.2) is 0 Å². The SMILES string of the molecule is Cc1cc(C)c(OC(F)F)c(CC=O)c1. The largest absolute Gasteiger partial charge is 0.434 e. The van der Waals surface area contributed by atoms with Crippen molar-refractivity contribution in [2.45, 2.75) is 26.9 Å². The molecule has 0 radical (unpaired) electrons. The number of hydrogen-bond donors (Lipinski definition) is 0. The Bertz CT molecular complexity index is 362. The smallest absolute Gasteiger partial charge is 0.387 e. The predicted octanol–water partition coefficient (Wildman–Crippen LogP) is 2.65. The van der Waals surface area contributed by atoms with Crippen LogP contribution in [-0.4, -0.2) is 12.9 Å². The number of aldehydes is 1. The van der Waals surface area contributed by atoms with Crippen molar-refractivity contribution in [2.75, 3.05) is 0 Å². The first-order valence-corrected chi connectivity index (χ1v) is 4.53.